The van der Waals surface area contributed by atoms with Gasteiger partial charge in [-0.15, -0.1) is 0 Å². The second-order valence-electron chi connectivity index (χ2n) is 7.75. The van der Waals surface area contributed by atoms with Crippen LogP contribution < -0.4 is 0 Å². The molecular weight excluding hydrogens is 312 g/mol. The van der Waals surface area contributed by atoms with Crippen LogP contribution in [0.25, 0.3) is 0 Å². The summed E-state index contributed by atoms with van der Waals surface area (Å²) in [7, 11) is 0. The minimum atomic E-state index is 0.103. The van der Waals surface area contributed by atoms with Gasteiger partial charge in [-0.2, -0.15) is 0 Å². The fourth-order valence-corrected chi connectivity index (χ4v) is 3.44. The first-order chi connectivity index (χ1) is 12.3. The van der Waals surface area contributed by atoms with Gasteiger partial charge in [0.2, 0.25) is 0 Å². The minimum Gasteiger partial charge on any atom is -0.396 e. The maximum absolute atomic E-state index is 9.00. The third-order valence-electron chi connectivity index (χ3n) is 5.29. The van der Waals surface area contributed by atoms with Crippen molar-refractivity contribution < 1.29 is 15.3 Å². The number of aliphatic hydroxyl groups excluding tert-OH is 3. The molecule has 0 aromatic rings. The molecule has 3 nitrogen and oxygen atoms in total. The van der Waals surface area contributed by atoms with Crippen molar-refractivity contribution in [3.63, 3.8) is 0 Å². The van der Waals surface area contributed by atoms with Crippen molar-refractivity contribution in [3.05, 3.63) is 0 Å². The summed E-state index contributed by atoms with van der Waals surface area (Å²) in [6.45, 7) is 0.609. The Morgan fingerprint density at radius 3 is 0.920 bits per heavy atom. The second-order valence-corrected chi connectivity index (χ2v) is 7.75. The Hall–Kier alpha value is -0.120. The molecule has 0 fully saturated rings. The molecule has 0 aliphatic carbocycles. The molecule has 0 aromatic heterocycles. The summed E-state index contributed by atoms with van der Waals surface area (Å²) in [5.41, 5.74) is 0. The molecule has 3 heteroatoms. The largest absolute Gasteiger partial charge is 0.396 e. The number of aliphatic hydroxyl groups is 3. The highest BCUT2D eigenvalue weighted by atomic mass is 16.3. The third kappa shape index (κ3) is 20.0. The summed E-state index contributed by atoms with van der Waals surface area (Å²) in [6, 6.07) is 0. The van der Waals surface area contributed by atoms with Gasteiger partial charge < -0.3 is 15.3 Å². The van der Waals surface area contributed by atoms with E-state index in [0.29, 0.717) is 6.61 Å². The lowest BCUT2D eigenvalue weighted by Crippen LogP contribution is -2.10. The molecule has 0 aliphatic rings. The molecule has 0 bridgehead atoms. The van der Waals surface area contributed by atoms with Crippen LogP contribution in [0, 0.1) is 5.92 Å². The Morgan fingerprint density at radius 2 is 0.640 bits per heavy atom. The van der Waals surface area contributed by atoms with Gasteiger partial charge in [-0.25, -0.2) is 0 Å². The van der Waals surface area contributed by atoms with Crippen LogP contribution >= 0.6 is 0 Å². The maximum Gasteiger partial charge on any atom is 0.0481 e. The molecule has 0 rings (SSSR count). The Morgan fingerprint density at radius 1 is 0.360 bits per heavy atom. The molecule has 0 radical (unpaired) electrons. The fourth-order valence-electron chi connectivity index (χ4n) is 3.44. The van der Waals surface area contributed by atoms with Crippen molar-refractivity contribution >= 4 is 0 Å². The molecule has 3 N–H and O–H groups in total. The lowest BCUT2D eigenvalue weighted by molar-refractivity contribution is 0.141. The minimum absolute atomic E-state index is 0.103. The average Bonchev–Trinajstić information content (AvgIpc) is 2.64. The van der Waals surface area contributed by atoms with Crippen LogP contribution in [0.15, 0.2) is 0 Å². The molecule has 0 aromatic carbocycles. The molecule has 25 heavy (non-hydrogen) atoms. The quantitative estimate of drug-likeness (QED) is 0.234. The molecule has 0 atom stereocenters. The maximum atomic E-state index is 9.00. The van der Waals surface area contributed by atoms with Gasteiger partial charge in [-0.1, -0.05) is 103 Å². The van der Waals surface area contributed by atoms with Crippen LogP contribution in [0.1, 0.15) is 116 Å². The van der Waals surface area contributed by atoms with Crippen molar-refractivity contribution in [2.75, 3.05) is 19.8 Å². The Labute approximate surface area is 157 Å². The number of rotatable bonds is 21. The Balaban J connectivity index is 3.03. The summed E-state index contributed by atoms with van der Waals surface area (Å²) in [6.07, 6.45) is 23.4. The van der Waals surface area contributed by atoms with E-state index in [9.17, 15) is 0 Å². The summed E-state index contributed by atoms with van der Waals surface area (Å²) in [5, 5.41) is 26.7. The van der Waals surface area contributed by atoms with Gasteiger partial charge in [-0.05, 0) is 12.8 Å². The van der Waals surface area contributed by atoms with E-state index >= 15 is 0 Å². The lowest BCUT2D eigenvalue weighted by Gasteiger charge is -2.09. The van der Waals surface area contributed by atoms with Crippen LogP contribution in [0.5, 0.6) is 0 Å². The van der Waals surface area contributed by atoms with E-state index in [1.807, 2.05) is 0 Å². The monoisotopic (exact) mass is 358 g/mol. The van der Waals surface area contributed by atoms with Gasteiger partial charge >= 0.3 is 0 Å². The SMILES string of the molecule is OCCCCCCCCCCCCCCCCCCCC(CO)CO. The highest BCUT2D eigenvalue weighted by Crippen LogP contribution is 2.15. The molecule has 152 valence electrons. The van der Waals surface area contributed by atoms with Crippen LogP contribution in [0.4, 0.5) is 0 Å². The van der Waals surface area contributed by atoms with Gasteiger partial charge in [0.05, 0.1) is 0 Å². The average molecular weight is 359 g/mol. The van der Waals surface area contributed by atoms with Crippen molar-refractivity contribution in [1.29, 1.82) is 0 Å². The first-order valence-electron chi connectivity index (χ1n) is 11.2. The molecule has 0 spiro atoms. The molecule has 0 aliphatic heterocycles. The van der Waals surface area contributed by atoms with Gasteiger partial charge in [0.1, 0.15) is 0 Å². The summed E-state index contributed by atoms with van der Waals surface area (Å²) in [5.74, 6) is 0.103. The van der Waals surface area contributed by atoms with Gasteiger partial charge in [0, 0.05) is 25.7 Å². The van der Waals surface area contributed by atoms with Gasteiger partial charge in [0.15, 0.2) is 0 Å². The van der Waals surface area contributed by atoms with Gasteiger partial charge in [-0.3, -0.25) is 0 Å². The van der Waals surface area contributed by atoms with E-state index in [1.165, 1.54) is 96.3 Å². The first-order valence-corrected chi connectivity index (χ1v) is 11.2. The van der Waals surface area contributed by atoms with Gasteiger partial charge in [0.25, 0.3) is 0 Å². The van der Waals surface area contributed by atoms with E-state index in [-0.39, 0.29) is 19.1 Å². The van der Waals surface area contributed by atoms with Crippen LogP contribution in [-0.4, -0.2) is 35.1 Å². The van der Waals surface area contributed by atoms with E-state index in [2.05, 4.69) is 0 Å². The predicted octanol–water partition coefficient (Wildman–Crippen LogP) is 5.60. The van der Waals surface area contributed by atoms with Crippen LogP contribution in [-0.2, 0) is 0 Å². The van der Waals surface area contributed by atoms with E-state index in [1.54, 1.807) is 0 Å². The standard InChI is InChI=1S/C22H46O3/c23-19-17-15-13-11-9-7-5-3-1-2-4-6-8-10-12-14-16-18-22(20-24)21-25/h22-25H,1-21H2. The van der Waals surface area contributed by atoms with Crippen molar-refractivity contribution in [2.45, 2.75) is 116 Å². The molecule has 0 heterocycles. The Bertz CT molecular complexity index is 229. The normalized spacial score (nSPS) is 11.5. The summed E-state index contributed by atoms with van der Waals surface area (Å²) >= 11 is 0. The van der Waals surface area contributed by atoms with Crippen LogP contribution in [0.3, 0.4) is 0 Å². The molecular formula is C22H46O3. The van der Waals surface area contributed by atoms with Crippen LogP contribution in [0.2, 0.25) is 0 Å². The number of hydrogen-bond acceptors (Lipinski definition) is 3. The van der Waals surface area contributed by atoms with E-state index in [0.717, 1.165) is 19.3 Å². The molecule has 0 saturated heterocycles. The van der Waals surface area contributed by atoms with E-state index < -0.39 is 0 Å². The molecule has 0 saturated carbocycles. The highest BCUT2D eigenvalue weighted by Gasteiger charge is 2.04. The lowest BCUT2D eigenvalue weighted by atomic mass is 10.0. The molecule has 0 unspecified atom stereocenters. The second kappa shape index (κ2) is 21.9. The predicted molar refractivity (Wildman–Crippen MR) is 108 cm³/mol. The molecule has 0 amide bonds. The number of unbranched alkanes of at least 4 members (excludes halogenated alkanes) is 16. The zero-order valence-electron chi connectivity index (χ0n) is 16.8. The van der Waals surface area contributed by atoms with Crippen molar-refractivity contribution in [1.82, 2.24) is 0 Å². The first kappa shape index (κ1) is 24.9. The van der Waals surface area contributed by atoms with E-state index in [4.69, 9.17) is 15.3 Å². The fraction of sp³-hybridized carbons (Fsp3) is 1.00. The van der Waals surface area contributed by atoms with Crippen molar-refractivity contribution in [3.8, 4) is 0 Å². The van der Waals surface area contributed by atoms with Crippen molar-refractivity contribution in [2.24, 2.45) is 5.92 Å². The Kier molecular flexibility index (Phi) is 21.8. The topological polar surface area (TPSA) is 60.7 Å². The third-order valence-corrected chi connectivity index (χ3v) is 5.29. The zero-order valence-corrected chi connectivity index (χ0v) is 16.8. The zero-order chi connectivity index (χ0) is 18.4. The highest BCUT2D eigenvalue weighted by molar-refractivity contribution is 4.56. The smallest absolute Gasteiger partial charge is 0.0481 e. The summed E-state index contributed by atoms with van der Waals surface area (Å²) < 4.78 is 0. The summed E-state index contributed by atoms with van der Waals surface area (Å²) in [4.78, 5) is 0. The number of hydrogen-bond donors (Lipinski definition) is 3.